The van der Waals surface area contributed by atoms with E-state index in [2.05, 4.69) is 65.7 Å². The van der Waals surface area contributed by atoms with E-state index in [1.165, 1.54) is 69.2 Å². The van der Waals surface area contributed by atoms with Crippen LogP contribution in [-0.4, -0.2) is 4.57 Å². The molecule has 2 rings (SSSR count). The molecule has 0 aliphatic carbocycles. The zero-order chi connectivity index (χ0) is 17.0. The summed E-state index contributed by atoms with van der Waals surface area (Å²) in [6.45, 7) is 6.66. The molecule has 0 fully saturated rings. The Morgan fingerprint density at radius 1 is 0.792 bits per heavy atom. The second kappa shape index (κ2) is 11.1. The van der Waals surface area contributed by atoms with Crippen LogP contribution >= 0.6 is 0 Å². The highest BCUT2D eigenvalue weighted by Gasteiger charge is 2.17. The molecule has 0 spiro atoms. The predicted molar refractivity (Wildman–Crippen MR) is 103 cm³/mol. The first-order valence-electron chi connectivity index (χ1n) is 10.0. The third kappa shape index (κ3) is 5.81. The van der Waals surface area contributed by atoms with Gasteiger partial charge in [-0.3, -0.25) is 0 Å². The van der Waals surface area contributed by atoms with Gasteiger partial charge in [0.1, 0.15) is 12.4 Å². The van der Waals surface area contributed by atoms with Crippen molar-refractivity contribution in [2.24, 2.45) is 0 Å². The molecule has 0 unspecified atom stereocenters. The van der Waals surface area contributed by atoms with Crippen molar-refractivity contribution in [2.75, 3.05) is 0 Å². The molecule has 0 bridgehead atoms. The van der Waals surface area contributed by atoms with Crippen LogP contribution in [0.3, 0.4) is 0 Å². The van der Waals surface area contributed by atoms with Gasteiger partial charge < -0.3 is 0 Å². The summed E-state index contributed by atoms with van der Waals surface area (Å²) in [5.41, 5.74) is 1.32. The maximum absolute atomic E-state index is 2.43. The van der Waals surface area contributed by atoms with Crippen LogP contribution in [0.25, 0.3) is 11.4 Å². The van der Waals surface area contributed by atoms with Crippen molar-refractivity contribution < 1.29 is 4.57 Å². The quantitative estimate of drug-likeness (QED) is 0.334. The molecule has 1 heterocycles. The Bertz CT molecular complexity index is 557. The minimum atomic E-state index is 1.02. The zero-order valence-electron chi connectivity index (χ0n) is 15.7. The summed E-state index contributed by atoms with van der Waals surface area (Å²) in [5, 5.41) is 0. The van der Waals surface area contributed by atoms with Crippen LogP contribution in [0.2, 0.25) is 0 Å². The van der Waals surface area contributed by atoms with Crippen LogP contribution in [0.4, 0.5) is 0 Å². The van der Waals surface area contributed by atoms with Gasteiger partial charge in [0.05, 0.1) is 18.7 Å². The van der Waals surface area contributed by atoms with E-state index in [0.717, 1.165) is 13.1 Å². The average molecular weight is 328 g/mol. The first kappa shape index (κ1) is 18.8. The highest BCUT2D eigenvalue weighted by molar-refractivity contribution is 5.52. The molecule has 0 aliphatic heterocycles. The van der Waals surface area contributed by atoms with Crippen molar-refractivity contribution in [3.63, 3.8) is 0 Å². The summed E-state index contributed by atoms with van der Waals surface area (Å²) in [4.78, 5) is 0. The lowest BCUT2D eigenvalue weighted by Crippen LogP contribution is -2.34. The van der Waals surface area contributed by atoms with E-state index in [1.807, 2.05) is 0 Å². The molecule has 0 saturated heterocycles. The molecular formula is C22H35N2+. The fraction of sp³-hybridized carbons (Fsp3) is 0.591. The van der Waals surface area contributed by atoms with Gasteiger partial charge in [0.25, 0.3) is 5.82 Å². The van der Waals surface area contributed by atoms with Crippen LogP contribution in [0.5, 0.6) is 0 Å². The maximum atomic E-state index is 2.43. The van der Waals surface area contributed by atoms with Crippen molar-refractivity contribution in [3.05, 3.63) is 42.7 Å². The van der Waals surface area contributed by atoms with E-state index in [4.69, 9.17) is 0 Å². The Morgan fingerprint density at radius 3 is 2.04 bits per heavy atom. The van der Waals surface area contributed by atoms with Crippen molar-refractivity contribution in [1.82, 2.24) is 4.57 Å². The average Bonchev–Trinajstić information content (AvgIpc) is 3.04. The van der Waals surface area contributed by atoms with Crippen LogP contribution in [0.1, 0.15) is 71.6 Å². The fourth-order valence-corrected chi connectivity index (χ4v) is 3.41. The van der Waals surface area contributed by atoms with Gasteiger partial charge in [0.15, 0.2) is 0 Å². The Hall–Kier alpha value is -1.57. The van der Waals surface area contributed by atoms with Gasteiger partial charge in [-0.05, 0) is 31.9 Å². The van der Waals surface area contributed by atoms with Crippen molar-refractivity contribution in [3.8, 4) is 11.4 Å². The van der Waals surface area contributed by atoms with E-state index < -0.39 is 0 Å². The number of imidazole rings is 1. The third-order valence-electron chi connectivity index (χ3n) is 4.85. The standard InChI is InChI=1S/C22H35N2/c1-3-5-6-7-8-9-10-11-15-18-24-20-19-23(4-2)22(24)21-16-13-12-14-17-21/h12-14,16-17,19-20H,3-11,15,18H2,1-2H3/q+1. The number of aryl methyl sites for hydroxylation is 2. The highest BCUT2D eigenvalue weighted by atomic mass is 15.1. The number of hydrogen-bond donors (Lipinski definition) is 0. The van der Waals surface area contributed by atoms with Gasteiger partial charge in [-0.25, -0.2) is 9.13 Å². The van der Waals surface area contributed by atoms with E-state index in [0.29, 0.717) is 0 Å². The fourth-order valence-electron chi connectivity index (χ4n) is 3.41. The number of hydrogen-bond acceptors (Lipinski definition) is 0. The van der Waals surface area contributed by atoms with Crippen molar-refractivity contribution >= 4 is 0 Å². The smallest absolute Gasteiger partial charge is 0.230 e. The minimum Gasteiger partial charge on any atom is -0.230 e. The molecular weight excluding hydrogens is 292 g/mol. The van der Waals surface area contributed by atoms with Crippen molar-refractivity contribution in [1.29, 1.82) is 0 Å². The summed E-state index contributed by atoms with van der Waals surface area (Å²) in [6, 6.07) is 10.8. The second-order valence-electron chi connectivity index (χ2n) is 6.80. The van der Waals surface area contributed by atoms with E-state index in [-0.39, 0.29) is 0 Å². The highest BCUT2D eigenvalue weighted by Crippen LogP contribution is 2.16. The molecule has 132 valence electrons. The Labute approximate surface area is 148 Å². The van der Waals surface area contributed by atoms with Gasteiger partial charge in [-0.2, -0.15) is 0 Å². The first-order valence-corrected chi connectivity index (χ1v) is 10.0. The van der Waals surface area contributed by atoms with Crippen LogP contribution in [0.15, 0.2) is 42.7 Å². The second-order valence-corrected chi connectivity index (χ2v) is 6.80. The van der Waals surface area contributed by atoms with Crippen LogP contribution < -0.4 is 4.57 Å². The minimum absolute atomic E-state index is 1.02. The monoisotopic (exact) mass is 327 g/mol. The van der Waals surface area contributed by atoms with E-state index in [1.54, 1.807) is 0 Å². The molecule has 0 amide bonds. The topological polar surface area (TPSA) is 8.81 Å². The molecule has 0 aliphatic rings. The van der Waals surface area contributed by atoms with Gasteiger partial charge in [-0.1, -0.05) is 70.1 Å². The molecule has 1 aromatic heterocycles. The summed E-state index contributed by atoms with van der Waals surface area (Å²) in [7, 11) is 0. The number of aromatic nitrogens is 2. The molecule has 0 N–H and O–H groups in total. The van der Waals surface area contributed by atoms with Crippen LogP contribution in [0, 0.1) is 0 Å². The SMILES string of the molecule is CCCCCCCCCCC[n+]1ccn(CC)c1-c1ccccc1. The molecule has 2 nitrogen and oxygen atoms in total. The molecule has 0 saturated carbocycles. The lowest BCUT2D eigenvalue weighted by atomic mass is 10.1. The molecule has 2 aromatic rings. The normalized spacial score (nSPS) is 11.1. The largest absolute Gasteiger partial charge is 0.288 e. The number of rotatable bonds is 12. The maximum Gasteiger partial charge on any atom is 0.288 e. The Balaban J connectivity index is 1.76. The third-order valence-corrected chi connectivity index (χ3v) is 4.85. The van der Waals surface area contributed by atoms with Gasteiger partial charge >= 0.3 is 0 Å². The summed E-state index contributed by atoms with van der Waals surface area (Å²) in [5.74, 6) is 1.35. The van der Waals surface area contributed by atoms with E-state index >= 15 is 0 Å². The number of unbranched alkanes of at least 4 members (excludes halogenated alkanes) is 8. The van der Waals surface area contributed by atoms with Crippen LogP contribution in [-0.2, 0) is 13.1 Å². The lowest BCUT2D eigenvalue weighted by molar-refractivity contribution is -0.686. The van der Waals surface area contributed by atoms with Gasteiger partial charge in [0, 0.05) is 0 Å². The zero-order valence-corrected chi connectivity index (χ0v) is 15.7. The molecule has 24 heavy (non-hydrogen) atoms. The van der Waals surface area contributed by atoms with Crippen molar-refractivity contribution in [2.45, 2.75) is 84.7 Å². The molecule has 2 heteroatoms. The summed E-state index contributed by atoms with van der Waals surface area (Å²) < 4.78 is 4.78. The molecule has 0 atom stereocenters. The van der Waals surface area contributed by atoms with Gasteiger partial charge in [-0.15, -0.1) is 0 Å². The van der Waals surface area contributed by atoms with E-state index in [9.17, 15) is 0 Å². The summed E-state index contributed by atoms with van der Waals surface area (Å²) in [6.07, 6.45) is 16.9. The van der Waals surface area contributed by atoms with Gasteiger partial charge in [0.2, 0.25) is 0 Å². The Kier molecular flexibility index (Phi) is 8.65. The predicted octanol–water partition coefficient (Wildman–Crippen LogP) is 5.99. The molecule has 0 radical (unpaired) electrons. The lowest BCUT2D eigenvalue weighted by Gasteiger charge is -2.05. The molecule has 1 aromatic carbocycles. The number of nitrogens with zero attached hydrogens (tertiary/aromatic N) is 2. The number of benzene rings is 1. The Morgan fingerprint density at radius 2 is 1.42 bits per heavy atom. The first-order chi connectivity index (χ1) is 11.9. The summed E-state index contributed by atoms with van der Waals surface area (Å²) >= 11 is 0.